The molecular formula is C38H36N6O4. The number of para-hydroxylation sites is 1. The molecule has 10 nitrogen and oxygen atoms in total. The molecule has 0 saturated carbocycles. The molecule has 48 heavy (non-hydrogen) atoms. The maximum Gasteiger partial charge on any atom is 0.255 e. The Bertz CT molecular complexity index is 1900. The molecule has 0 bridgehead atoms. The first-order valence-electron chi connectivity index (χ1n) is 15.8. The van der Waals surface area contributed by atoms with Gasteiger partial charge in [-0.15, -0.1) is 0 Å². The second-order valence-corrected chi connectivity index (χ2v) is 11.7. The fourth-order valence-electron chi connectivity index (χ4n) is 5.72. The number of carbonyl (C=O) groups is 2. The zero-order chi connectivity index (χ0) is 33.3. The summed E-state index contributed by atoms with van der Waals surface area (Å²) in [4.78, 5) is 30.3. The van der Waals surface area contributed by atoms with Crippen LogP contribution in [0.1, 0.15) is 56.3 Å². The molecule has 6 rings (SSSR count). The molecule has 2 atom stereocenters. The third-order valence-electron chi connectivity index (χ3n) is 8.34. The smallest absolute Gasteiger partial charge is 0.255 e. The highest BCUT2D eigenvalue weighted by atomic mass is 16.5. The number of nitrogens with one attached hydrogen (secondary N) is 2. The number of fused-ring (bicyclic) bond motifs is 1. The molecule has 1 aromatic heterocycles. The van der Waals surface area contributed by atoms with Crippen LogP contribution < -0.4 is 25.8 Å². The van der Waals surface area contributed by atoms with Crippen LogP contribution in [-0.2, 0) is 30.9 Å². The number of primary amides is 1. The van der Waals surface area contributed by atoms with E-state index in [4.69, 9.17) is 20.5 Å². The summed E-state index contributed by atoms with van der Waals surface area (Å²) in [7, 11) is 0. The van der Waals surface area contributed by atoms with Gasteiger partial charge in [0.1, 0.15) is 24.1 Å². The van der Waals surface area contributed by atoms with Crippen LogP contribution in [0, 0.1) is 11.3 Å². The van der Waals surface area contributed by atoms with E-state index in [-0.39, 0.29) is 12.5 Å². The van der Waals surface area contributed by atoms with E-state index in [0.29, 0.717) is 48.9 Å². The van der Waals surface area contributed by atoms with Crippen LogP contribution in [0.2, 0.25) is 0 Å². The Morgan fingerprint density at radius 2 is 1.75 bits per heavy atom. The Labute approximate surface area is 279 Å². The van der Waals surface area contributed by atoms with E-state index in [1.807, 2.05) is 97.2 Å². The summed E-state index contributed by atoms with van der Waals surface area (Å²) in [6.45, 7) is 2.06. The van der Waals surface area contributed by atoms with Crippen molar-refractivity contribution < 1.29 is 19.1 Å². The normalized spacial score (nSPS) is 14.2. The molecule has 1 unspecified atom stereocenters. The van der Waals surface area contributed by atoms with Crippen molar-refractivity contribution >= 4 is 11.8 Å². The Morgan fingerprint density at radius 3 is 2.50 bits per heavy atom. The summed E-state index contributed by atoms with van der Waals surface area (Å²) in [6.07, 6.45) is 4.57. The summed E-state index contributed by atoms with van der Waals surface area (Å²) >= 11 is 0. The molecule has 1 aliphatic rings. The molecule has 0 radical (unpaired) electrons. The fourth-order valence-corrected chi connectivity index (χ4v) is 5.72. The van der Waals surface area contributed by atoms with Gasteiger partial charge in [0.05, 0.1) is 35.8 Å². The minimum atomic E-state index is -0.918. The van der Waals surface area contributed by atoms with Crippen LogP contribution in [0.25, 0.3) is 0 Å². The first-order chi connectivity index (χ1) is 23.5. The predicted molar refractivity (Wildman–Crippen MR) is 180 cm³/mol. The fraction of sp³-hybridized carbons (Fsp3) is 0.211. The van der Waals surface area contributed by atoms with Gasteiger partial charge in [-0.3, -0.25) is 9.59 Å². The van der Waals surface area contributed by atoms with Crippen LogP contribution in [0.3, 0.4) is 0 Å². The number of hydrogen-bond donors (Lipinski definition) is 3. The lowest BCUT2D eigenvalue weighted by Gasteiger charge is -2.28. The summed E-state index contributed by atoms with van der Waals surface area (Å²) < 4.78 is 13.9. The minimum absolute atomic E-state index is 0.0608. The number of carbonyl (C=O) groups excluding carboxylic acids is 2. The maximum atomic E-state index is 13.5. The van der Waals surface area contributed by atoms with Crippen LogP contribution in [0.15, 0.2) is 110 Å². The average molecular weight is 641 g/mol. The van der Waals surface area contributed by atoms with Gasteiger partial charge in [-0.25, -0.2) is 4.98 Å². The molecule has 0 saturated heterocycles. The van der Waals surface area contributed by atoms with E-state index in [1.165, 1.54) is 0 Å². The Morgan fingerprint density at radius 1 is 0.979 bits per heavy atom. The lowest BCUT2D eigenvalue weighted by molar-refractivity contribution is -0.119. The van der Waals surface area contributed by atoms with Crippen molar-refractivity contribution in [1.82, 2.24) is 20.2 Å². The maximum absolute atomic E-state index is 13.5. The van der Waals surface area contributed by atoms with Crippen LogP contribution in [-0.4, -0.2) is 34.0 Å². The van der Waals surface area contributed by atoms with Crippen molar-refractivity contribution in [3.63, 3.8) is 0 Å². The SMILES string of the molecule is N#Cc1ccc(Cn2cncc2CNC2CCOc3c(C(=O)N[C@@H](Cc4ccc(OCc5ccccc5)cc4)C(N)=O)cccc32)cc1. The molecule has 4 aromatic carbocycles. The van der Waals surface area contributed by atoms with Crippen molar-refractivity contribution in [2.24, 2.45) is 5.73 Å². The van der Waals surface area contributed by atoms with Gasteiger partial charge in [0, 0.05) is 43.7 Å². The van der Waals surface area contributed by atoms with Crippen LogP contribution >= 0.6 is 0 Å². The van der Waals surface area contributed by atoms with Crippen LogP contribution in [0.4, 0.5) is 0 Å². The third kappa shape index (κ3) is 7.89. The summed E-state index contributed by atoms with van der Waals surface area (Å²) in [5.41, 5.74) is 11.5. The van der Waals surface area contributed by atoms with Crippen molar-refractivity contribution in [1.29, 1.82) is 5.26 Å². The summed E-state index contributed by atoms with van der Waals surface area (Å²) in [6, 6.07) is 31.4. The van der Waals surface area contributed by atoms with E-state index in [9.17, 15) is 9.59 Å². The van der Waals surface area contributed by atoms with Gasteiger partial charge < -0.3 is 30.4 Å². The number of nitrogens with two attached hydrogens (primary N) is 1. The lowest BCUT2D eigenvalue weighted by Crippen LogP contribution is -2.46. The number of aromatic nitrogens is 2. The van der Waals surface area contributed by atoms with Crippen LogP contribution in [0.5, 0.6) is 11.5 Å². The highest BCUT2D eigenvalue weighted by Gasteiger charge is 2.28. The first kappa shape index (κ1) is 32.0. The number of nitrogens with zero attached hydrogens (tertiary/aromatic N) is 3. The van der Waals surface area contributed by atoms with E-state index < -0.39 is 17.9 Å². The van der Waals surface area contributed by atoms with Crippen molar-refractivity contribution in [3.05, 3.63) is 149 Å². The molecule has 10 heteroatoms. The monoisotopic (exact) mass is 640 g/mol. The van der Waals surface area contributed by atoms with E-state index in [1.54, 1.807) is 12.4 Å². The molecule has 2 heterocycles. The molecule has 242 valence electrons. The van der Waals surface area contributed by atoms with E-state index >= 15 is 0 Å². The van der Waals surface area contributed by atoms with Gasteiger partial charge in [0.15, 0.2) is 0 Å². The van der Waals surface area contributed by atoms with E-state index in [2.05, 4.69) is 26.3 Å². The summed E-state index contributed by atoms with van der Waals surface area (Å²) in [5, 5.41) is 15.5. The molecular weight excluding hydrogens is 604 g/mol. The highest BCUT2D eigenvalue weighted by Crippen LogP contribution is 2.35. The lowest BCUT2D eigenvalue weighted by atomic mass is 9.96. The number of ether oxygens (including phenoxy) is 2. The van der Waals surface area contributed by atoms with Gasteiger partial charge in [-0.05, 0) is 47.0 Å². The van der Waals surface area contributed by atoms with Gasteiger partial charge in [-0.1, -0.05) is 66.7 Å². The van der Waals surface area contributed by atoms with Gasteiger partial charge in [0.2, 0.25) is 5.91 Å². The standard InChI is InChI=1S/C38H36N6O4/c39-20-27-9-11-28(12-10-27)23-44-25-41-21-30(44)22-42-34-17-18-47-36-32(34)7-4-8-33(36)38(46)43-35(37(40)45)19-26-13-15-31(16-14-26)48-24-29-5-2-1-3-6-29/h1-16,21,25,34-35,42H,17-19,22-24H2,(H2,40,45)(H,43,46)/t34?,35-/m0/s1. The highest BCUT2D eigenvalue weighted by molar-refractivity contribution is 6.00. The zero-order valence-corrected chi connectivity index (χ0v) is 26.3. The molecule has 0 spiro atoms. The molecule has 5 aromatic rings. The van der Waals surface area contributed by atoms with Gasteiger partial charge in [0.25, 0.3) is 5.91 Å². The van der Waals surface area contributed by atoms with Gasteiger partial charge in [-0.2, -0.15) is 5.26 Å². The quantitative estimate of drug-likeness (QED) is 0.167. The second-order valence-electron chi connectivity index (χ2n) is 11.7. The van der Waals surface area contributed by atoms with E-state index in [0.717, 1.165) is 34.4 Å². The number of amides is 2. The number of rotatable bonds is 13. The Hall–Kier alpha value is -5.92. The molecule has 4 N–H and O–H groups in total. The Kier molecular flexibility index (Phi) is 10.1. The van der Waals surface area contributed by atoms with Crippen molar-refractivity contribution in [2.75, 3.05) is 6.61 Å². The van der Waals surface area contributed by atoms with Crippen molar-refractivity contribution in [2.45, 2.75) is 44.6 Å². The number of nitriles is 1. The summed E-state index contributed by atoms with van der Waals surface area (Å²) in [5.74, 6) is 0.137. The third-order valence-corrected chi connectivity index (χ3v) is 8.34. The molecule has 1 aliphatic heterocycles. The number of hydrogen-bond acceptors (Lipinski definition) is 7. The Balaban J connectivity index is 1.08. The predicted octanol–water partition coefficient (Wildman–Crippen LogP) is 4.82. The first-order valence-corrected chi connectivity index (χ1v) is 15.8. The van der Waals surface area contributed by atoms with Gasteiger partial charge >= 0.3 is 0 Å². The topological polar surface area (TPSA) is 144 Å². The number of imidazole rings is 1. The zero-order valence-electron chi connectivity index (χ0n) is 26.3. The average Bonchev–Trinajstić information content (AvgIpc) is 3.57. The molecule has 0 fully saturated rings. The minimum Gasteiger partial charge on any atom is -0.492 e. The second kappa shape index (κ2) is 15.1. The largest absolute Gasteiger partial charge is 0.492 e. The van der Waals surface area contributed by atoms with Crippen molar-refractivity contribution in [3.8, 4) is 17.6 Å². The number of benzene rings is 4. The molecule has 0 aliphatic carbocycles. The molecule has 2 amide bonds.